The predicted octanol–water partition coefficient (Wildman–Crippen LogP) is 4.07. The van der Waals surface area contributed by atoms with E-state index in [1.54, 1.807) is 25.1 Å². The summed E-state index contributed by atoms with van der Waals surface area (Å²) in [6.07, 6.45) is 1.22. The van der Waals surface area contributed by atoms with Crippen LogP contribution in [-0.4, -0.2) is 38.4 Å². The molecule has 8 nitrogen and oxygen atoms in total. The first kappa shape index (κ1) is 22.7. The van der Waals surface area contributed by atoms with Gasteiger partial charge < -0.3 is 9.15 Å². The van der Waals surface area contributed by atoms with E-state index in [9.17, 15) is 18.0 Å². The number of likely N-dealkylation sites (N-methyl/N-ethyl adjacent to an activating group) is 1. The molecule has 2 heterocycles. The number of sulfone groups is 1. The van der Waals surface area contributed by atoms with Gasteiger partial charge in [-0.15, -0.1) is 0 Å². The monoisotopic (exact) mass is 484 g/mol. The third kappa shape index (κ3) is 4.96. The van der Waals surface area contributed by atoms with E-state index in [0.717, 1.165) is 10.2 Å². The fraction of sp³-hybridized carbons (Fsp3) is 0.174. The van der Waals surface area contributed by atoms with Crippen LogP contribution < -0.4 is 4.90 Å². The Bertz CT molecular complexity index is 1360. The number of amides is 1. The first-order valence-corrected chi connectivity index (χ1v) is 12.5. The molecule has 0 spiro atoms. The molecule has 0 aliphatic heterocycles. The maximum atomic E-state index is 12.7. The molecule has 1 amide bonds. The number of rotatable bonds is 8. The Morgan fingerprint density at radius 3 is 2.52 bits per heavy atom. The van der Waals surface area contributed by atoms with Crippen LogP contribution in [0.4, 0.5) is 5.13 Å². The molecule has 0 saturated carbocycles. The van der Waals surface area contributed by atoms with Crippen molar-refractivity contribution < 1.29 is 27.2 Å². The number of anilines is 1. The van der Waals surface area contributed by atoms with Crippen molar-refractivity contribution in [2.45, 2.75) is 17.6 Å². The van der Waals surface area contributed by atoms with Crippen LogP contribution in [0, 0.1) is 0 Å². The number of ether oxygens (including phenoxy) is 1. The standard InChI is InChI=1S/C23H20N2O6S2/c1-2-25(23-24-18-10-6-7-11-19(18)32-23)20(26)14-31-22(27)21-16(12-13-30-21)15-33(28,29)17-8-4-3-5-9-17/h3-13H,2,14-15H2,1H3. The first-order valence-electron chi connectivity index (χ1n) is 10.1. The Balaban J connectivity index is 1.44. The van der Waals surface area contributed by atoms with Gasteiger partial charge in [0.2, 0.25) is 5.76 Å². The van der Waals surface area contributed by atoms with E-state index < -0.39 is 34.1 Å². The molecule has 10 heteroatoms. The topological polar surface area (TPSA) is 107 Å². The van der Waals surface area contributed by atoms with Gasteiger partial charge >= 0.3 is 5.97 Å². The van der Waals surface area contributed by atoms with Crippen LogP contribution in [0.25, 0.3) is 10.2 Å². The van der Waals surface area contributed by atoms with Gasteiger partial charge in [-0.3, -0.25) is 9.69 Å². The number of para-hydroxylation sites is 1. The molecule has 0 fully saturated rings. The highest BCUT2D eigenvalue weighted by Crippen LogP contribution is 2.28. The van der Waals surface area contributed by atoms with E-state index in [1.165, 1.54) is 40.7 Å². The predicted molar refractivity (Wildman–Crippen MR) is 124 cm³/mol. The minimum Gasteiger partial charge on any atom is -0.457 e. The maximum absolute atomic E-state index is 12.7. The second-order valence-electron chi connectivity index (χ2n) is 7.03. The van der Waals surface area contributed by atoms with E-state index in [0.29, 0.717) is 11.7 Å². The molecule has 170 valence electrons. The third-order valence-corrected chi connectivity index (χ3v) is 7.58. The summed E-state index contributed by atoms with van der Waals surface area (Å²) < 4.78 is 36.5. The molecule has 0 unspecified atom stereocenters. The van der Waals surface area contributed by atoms with Crippen LogP contribution in [-0.2, 0) is 25.1 Å². The molecular weight excluding hydrogens is 464 g/mol. The van der Waals surface area contributed by atoms with Crippen LogP contribution in [0.3, 0.4) is 0 Å². The Kier molecular flexibility index (Phi) is 6.57. The van der Waals surface area contributed by atoms with Gasteiger partial charge in [0.1, 0.15) is 0 Å². The number of benzene rings is 2. The zero-order chi connectivity index (χ0) is 23.4. The number of furan rings is 1. The molecule has 0 bridgehead atoms. The number of hydrogen-bond acceptors (Lipinski definition) is 8. The summed E-state index contributed by atoms with van der Waals surface area (Å²) in [5, 5.41) is 0.507. The molecule has 2 aromatic carbocycles. The highest BCUT2D eigenvalue weighted by atomic mass is 32.2. The van der Waals surface area contributed by atoms with Crippen molar-refractivity contribution in [3.63, 3.8) is 0 Å². The Labute approximate surface area is 194 Å². The summed E-state index contributed by atoms with van der Waals surface area (Å²) in [4.78, 5) is 31.3. The molecule has 2 aromatic heterocycles. The van der Waals surface area contributed by atoms with Gasteiger partial charge in [0.25, 0.3) is 5.91 Å². The average Bonchev–Trinajstić information content (AvgIpc) is 3.45. The van der Waals surface area contributed by atoms with Gasteiger partial charge in [0.15, 0.2) is 21.6 Å². The highest BCUT2D eigenvalue weighted by molar-refractivity contribution is 7.90. The van der Waals surface area contributed by atoms with Gasteiger partial charge in [-0.25, -0.2) is 18.2 Å². The van der Waals surface area contributed by atoms with Crippen molar-refractivity contribution >= 4 is 48.4 Å². The summed E-state index contributed by atoms with van der Waals surface area (Å²) in [6.45, 7) is 1.61. The van der Waals surface area contributed by atoms with Crippen molar-refractivity contribution in [3.05, 3.63) is 78.3 Å². The van der Waals surface area contributed by atoms with Crippen molar-refractivity contribution in [1.29, 1.82) is 0 Å². The number of nitrogens with zero attached hydrogens (tertiary/aromatic N) is 2. The molecule has 0 radical (unpaired) electrons. The number of carbonyl (C=O) groups is 2. The van der Waals surface area contributed by atoms with Gasteiger partial charge in [-0.2, -0.15) is 0 Å². The average molecular weight is 485 g/mol. The van der Waals surface area contributed by atoms with E-state index in [4.69, 9.17) is 9.15 Å². The fourth-order valence-electron chi connectivity index (χ4n) is 3.21. The van der Waals surface area contributed by atoms with Gasteiger partial charge in [0, 0.05) is 12.1 Å². The molecule has 0 aliphatic carbocycles. The summed E-state index contributed by atoms with van der Waals surface area (Å²) in [6, 6.07) is 16.8. The van der Waals surface area contributed by atoms with Crippen LogP contribution >= 0.6 is 11.3 Å². The Hall–Kier alpha value is -3.50. The number of esters is 1. The van der Waals surface area contributed by atoms with Crippen LogP contribution in [0.1, 0.15) is 23.0 Å². The highest BCUT2D eigenvalue weighted by Gasteiger charge is 2.25. The first-order chi connectivity index (χ1) is 15.9. The van der Waals surface area contributed by atoms with Crippen molar-refractivity contribution in [2.24, 2.45) is 0 Å². The fourth-order valence-corrected chi connectivity index (χ4v) is 5.63. The lowest BCUT2D eigenvalue weighted by molar-refractivity contribution is -0.121. The summed E-state index contributed by atoms with van der Waals surface area (Å²) in [5.41, 5.74) is 0.940. The van der Waals surface area contributed by atoms with Gasteiger partial charge in [-0.05, 0) is 37.3 Å². The largest absolute Gasteiger partial charge is 0.457 e. The number of thiazole rings is 1. The molecular formula is C23H20N2O6S2. The number of hydrogen-bond donors (Lipinski definition) is 0. The second-order valence-corrected chi connectivity index (χ2v) is 10.0. The van der Waals surface area contributed by atoms with Gasteiger partial charge in [0.05, 0.1) is 27.1 Å². The number of fused-ring (bicyclic) bond motifs is 1. The molecule has 4 aromatic rings. The third-order valence-electron chi connectivity index (χ3n) is 4.84. The molecule has 0 N–H and O–H groups in total. The van der Waals surface area contributed by atoms with Crippen molar-refractivity contribution in [1.82, 2.24) is 4.98 Å². The molecule has 0 saturated heterocycles. The van der Waals surface area contributed by atoms with Crippen molar-refractivity contribution in [3.8, 4) is 0 Å². The minimum atomic E-state index is -3.69. The molecule has 33 heavy (non-hydrogen) atoms. The Morgan fingerprint density at radius 2 is 1.79 bits per heavy atom. The quantitative estimate of drug-likeness (QED) is 0.347. The second kappa shape index (κ2) is 9.55. The van der Waals surface area contributed by atoms with Crippen LogP contribution in [0.15, 0.2) is 76.2 Å². The molecule has 0 aliphatic rings. The lowest BCUT2D eigenvalue weighted by Gasteiger charge is -2.17. The summed E-state index contributed by atoms with van der Waals surface area (Å²) in [5.74, 6) is -2.04. The Morgan fingerprint density at radius 1 is 1.06 bits per heavy atom. The van der Waals surface area contributed by atoms with E-state index in [1.807, 2.05) is 24.3 Å². The summed E-state index contributed by atoms with van der Waals surface area (Å²) >= 11 is 1.37. The van der Waals surface area contributed by atoms with Crippen LogP contribution in [0.5, 0.6) is 0 Å². The number of aromatic nitrogens is 1. The van der Waals surface area contributed by atoms with E-state index >= 15 is 0 Å². The zero-order valence-electron chi connectivity index (χ0n) is 17.6. The SMILES string of the molecule is CCN(C(=O)COC(=O)c1occc1CS(=O)(=O)c1ccccc1)c1nc2ccccc2s1. The maximum Gasteiger partial charge on any atom is 0.375 e. The van der Waals surface area contributed by atoms with E-state index in [2.05, 4.69) is 4.98 Å². The smallest absolute Gasteiger partial charge is 0.375 e. The normalized spacial score (nSPS) is 11.4. The lowest BCUT2D eigenvalue weighted by Crippen LogP contribution is -2.34. The zero-order valence-corrected chi connectivity index (χ0v) is 19.3. The molecule has 4 rings (SSSR count). The summed E-state index contributed by atoms with van der Waals surface area (Å²) in [7, 11) is -3.69. The lowest BCUT2D eigenvalue weighted by atomic mass is 10.3. The van der Waals surface area contributed by atoms with Crippen LogP contribution in [0.2, 0.25) is 0 Å². The number of carbonyl (C=O) groups excluding carboxylic acids is 2. The molecule has 0 atom stereocenters. The van der Waals surface area contributed by atoms with E-state index in [-0.39, 0.29) is 16.2 Å². The van der Waals surface area contributed by atoms with Crippen molar-refractivity contribution in [2.75, 3.05) is 18.1 Å². The minimum absolute atomic E-state index is 0.134. The van der Waals surface area contributed by atoms with Gasteiger partial charge in [-0.1, -0.05) is 41.7 Å².